The van der Waals surface area contributed by atoms with Gasteiger partial charge < -0.3 is 14.6 Å². The van der Waals surface area contributed by atoms with E-state index in [2.05, 4.69) is 16.3 Å². The molecule has 1 aromatic heterocycles. The fourth-order valence-corrected chi connectivity index (χ4v) is 7.02. The van der Waals surface area contributed by atoms with Crippen molar-refractivity contribution in [2.45, 2.75) is 16.1 Å². The number of amides is 1. The number of carbonyl (C=O) groups is 3. The lowest BCUT2D eigenvalue weighted by Crippen LogP contribution is -2.29. The maximum Gasteiger partial charge on any atom is 0.337 e. The van der Waals surface area contributed by atoms with E-state index < -0.39 is 35.3 Å². The van der Waals surface area contributed by atoms with E-state index in [0.29, 0.717) is 15.7 Å². The van der Waals surface area contributed by atoms with Crippen LogP contribution in [0.1, 0.15) is 33.1 Å². The van der Waals surface area contributed by atoms with Gasteiger partial charge in [0.05, 0.1) is 31.4 Å². The highest BCUT2D eigenvalue weighted by Gasteiger charge is 2.48. The number of fused-ring (bicyclic) bond motifs is 1. The first-order valence-corrected chi connectivity index (χ1v) is 15.4. The van der Waals surface area contributed by atoms with Gasteiger partial charge in [-0.3, -0.25) is 14.5 Å². The molecule has 45 heavy (non-hydrogen) atoms. The van der Waals surface area contributed by atoms with Crippen LogP contribution >= 0.6 is 23.1 Å². The Balaban J connectivity index is 1.39. The molecule has 1 atom stereocenters. The van der Waals surface area contributed by atoms with Gasteiger partial charge in [0.1, 0.15) is 5.76 Å². The Morgan fingerprint density at radius 3 is 2.44 bits per heavy atom. The molecule has 0 saturated carbocycles. The molecular formula is C33H24FN3O6S2. The summed E-state index contributed by atoms with van der Waals surface area (Å²) in [5.74, 6) is -3.27. The van der Waals surface area contributed by atoms with Crippen LogP contribution in [0.5, 0.6) is 5.75 Å². The Morgan fingerprint density at radius 1 is 0.978 bits per heavy atom. The number of halogens is 1. The predicted octanol–water partition coefficient (Wildman–Crippen LogP) is 6.54. The van der Waals surface area contributed by atoms with Crippen molar-refractivity contribution >= 4 is 62.4 Å². The van der Waals surface area contributed by atoms with Crippen LogP contribution in [0.3, 0.4) is 0 Å². The molecule has 1 N–H and O–H groups in total. The molecule has 1 amide bonds. The first kappa shape index (κ1) is 30.0. The third-order valence-electron chi connectivity index (χ3n) is 7.35. The number of thioether (sulfide) groups is 1. The van der Waals surface area contributed by atoms with Gasteiger partial charge in [-0.05, 0) is 52.2 Å². The largest absolute Gasteiger partial charge is 0.507 e. The highest BCUT2D eigenvalue weighted by Crippen LogP contribution is 2.44. The Hall–Kier alpha value is -5.07. The van der Waals surface area contributed by atoms with Crippen LogP contribution in [-0.4, -0.2) is 47.2 Å². The molecule has 12 heteroatoms. The standard InChI is InChI=1S/C33H24FN3O6S2/c1-42-25-15-14-21(16-24(25)34)28(38)26-27(19-10-12-20(13-11-19)31(41)43-2)37(30(40)29(26)39)32-35-36-33(45-32)44-17-22-8-5-7-18-6-3-4-9-23(18)22/h3-16,27,38H,17H2,1-2H3. The van der Waals surface area contributed by atoms with Crippen molar-refractivity contribution < 1.29 is 33.4 Å². The zero-order valence-electron chi connectivity index (χ0n) is 23.9. The summed E-state index contributed by atoms with van der Waals surface area (Å²) in [7, 11) is 2.56. The lowest BCUT2D eigenvalue weighted by atomic mass is 9.94. The monoisotopic (exact) mass is 641 g/mol. The molecule has 9 nitrogen and oxygen atoms in total. The number of aromatic nitrogens is 2. The molecule has 0 bridgehead atoms. The molecule has 1 aliphatic heterocycles. The molecule has 1 unspecified atom stereocenters. The summed E-state index contributed by atoms with van der Waals surface area (Å²) in [6.07, 6.45) is 0. The molecule has 4 aromatic carbocycles. The zero-order chi connectivity index (χ0) is 31.7. The average molecular weight is 642 g/mol. The van der Waals surface area contributed by atoms with Crippen LogP contribution in [0.2, 0.25) is 0 Å². The number of hydrogen-bond acceptors (Lipinski definition) is 10. The lowest BCUT2D eigenvalue weighted by Gasteiger charge is -2.22. The molecule has 0 spiro atoms. The first-order chi connectivity index (χ1) is 21.8. The second-order valence-electron chi connectivity index (χ2n) is 9.91. The average Bonchev–Trinajstić information content (AvgIpc) is 3.64. The van der Waals surface area contributed by atoms with E-state index in [1.807, 2.05) is 36.4 Å². The fraction of sp³-hybridized carbons (Fsp3) is 0.121. The van der Waals surface area contributed by atoms with Crippen LogP contribution in [0.25, 0.3) is 16.5 Å². The molecule has 5 aromatic rings. The Bertz CT molecular complexity index is 1990. The molecule has 2 heterocycles. The Morgan fingerprint density at radius 2 is 1.71 bits per heavy atom. The van der Waals surface area contributed by atoms with Gasteiger partial charge >= 0.3 is 11.9 Å². The minimum atomic E-state index is -1.15. The maximum absolute atomic E-state index is 14.6. The van der Waals surface area contributed by atoms with E-state index in [9.17, 15) is 23.9 Å². The van der Waals surface area contributed by atoms with Crippen molar-refractivity contribution in [2.75, 3.05) is 19.1 Å². The van der Waals surface area contributed by atoms with Crippen molar-refractivity contribution in [3.8, 4) is 5.75 Å². The van der Waals surface area contributed by atoms with Crippen LogP contribution in [0.4, 0.5) is 9.52 Å². The normalized spacial score (nSPS) is 15.9. The summed E-state index contributed by atoms with van der Waals surface area (Å²) >= 11 is 2.57. The number of rotatable bonds is 8. The van der Waals surface area contributed by atoms with E-state index in [1.54, 1.807) is 12.1 Å². The van der Waals surface area contributed by atoms with Crippen LogP contribution in [0, 0.1) is 5.82 Å². The molecule has 1 saturated heterocycles. The summed E-state index contributed by atoms with van der Waals surface area (Å²) in [5.41, 5.74) is 1.46. The second kappa shape index (κ2) is 12.5. The number of methoxy groups -OCH3 is 2. The number of anilines is 1. The highest BCUT2D eigenvalue weighted by molar-refractivity contribution is 8.00. The van der Waals surface area contributed by atoms with Gasteiger partial charge in [0.2, 0.25) is 5.13 Å². The van der Waals surface area contributed by atoms with Crippen LogP contribution in [-0.2, 0) is 20.1 Å². The molecule has 1 fully saturated rings. The topological polar surface area (TPSA) is 119 Å². The predicted molar refractivity (Wildman–Crippen MR) is 169 cm³/mol. The van der Waals surface area contributed by atoms with Crippen molar-refractivity contribution in [3.05, 3.63) is 119 Å². The van der Waals surface area contributed by atoms with E-state index in [1.165, 1.54) is 55.1 Å². The van der Waals surface area contributed by atoms with E-state index in [-0.39, 0.29) is 27.6 Å². The number of ketones is 1. The quantitative estimate of drug-likeness (QED) is 0.0503. The van der Waals surface area contributed by atoms with Crippen molar-refractivity contribution in [1.82, 2.24) is 10.2 Å². The smallest absolute Gasteiger partial charge is 0.337 e. The van der Waals surface area contributed by atoms with Gasteiger partial charge in [0, 0.05) is 11.3 Å². The summed E-state index contributed by atoms with van der Waals surface area (Å²) in [6.45, 7) is 0. The summed E-state index contributed by atoms with van der Waals surface area (Å²) < 4.78 is 24.9. The highest BCUT2D eigenvalue weighted by atomic mass is 32.2. The zero-order valence-corrected chi connectivity index (χ0v) is 25.5. The number of aliphatic hydroxyl groups is 1. The molecular weight excluding hydrogens is 618 g/mol. The van der Waals surface area contributed by atoms with Crippen molar-refractivity contribution in [2.24, 2.45) is 0 Å². The van der Waals surface area contributed by atoms with Gasteiger partial charge in [-0.2, -0.15) is 0 Å². The number of esters is 1. The minimum Gasteiger partial charge on any atom is -0.507 e. The van der Waals surface area contributed by atoms with Gasteiger partial charge in [0.25, 0.3) is 5.78 Å². The Kier molecular flexibility index (Phi) is 8.33. The molecule has 0 radical (unpaired) electrons. The third kappa shape index (κ3) is 5.65. The summed E-state index contributed by atoms with van der Waals surface area (Å²) in [4.78, 5) is 40.3. The van der Waals surface area contributed by atoms with Gasteiger partial charge in [-0.15, -0.1) is 10.2 Å². The number of aliphatic hydroxyl groups excluding tert-OH is 1. The van der Waals surface area contributed by atoms with E-state index >= 15 is 0 Å². The third-order valence-corrected chi connectivity index (χ3v) is 9.45. The second-order valence-corrected chi connectivity index (χ2v) is 12.1. The SMILES string of the molecule is COC(=O)c1ccc(C2C(=C(O)c3ccc(OC)c(F)c3)C(=O)C(=O)N2c2nnc(SCc3cccc4ccccc34)s2)cc1. The number of benzene rings is 4. The number of ether oxygens (including phenoxy) is 2. The van der Waals surface area contributed by atoms with E-state index in [0.717, 1.165) is 33.7 Å². The van der Waals surface area contributed by atoms with E-state index in [4.69, 9.17) is 9.47 Å². The fourth-order valence-electron chi connectivity index (χ4n) is 5.15. The van der Waals surface area contributed by atoms with Gasteiger partial charge in [0.15, 0.2) is 15.9 Å². The molecule has 0 aliphatic carbocycles. The van der Waals surface area contributed by atoms with Crippen molar-refractivity contribution in [1.29, 1.82) is 0 Å². The first-order valence-electron chi connectivity index (χ1n) is 13.6. The molecule has 226 valence electrons. The molecule has 1 aliphatic rings. The van der Waals surface area contributed by atoms with Gasteiger partial charge in [-0.1, -0.05) is 77.7 Å². The number of nitrogens with zero attached hydrogens (tertiary/aromatic N) is 3. The lowest BCUT2D eigenvalue weighted by molar-refractivity contribution is -0.132. The maximum atomic E-state index is 14.6. The molecule has 6 rings (SSSR count). The number of Topliss-reactive ketones (excluding diaryl/α,β-unsaturated/α-hetero) is 1. The summed E-state index contributed by atoms with van der Waals surface area (Å²) in [5, 5.41) is 22.2. The summed E-state index contributed by atoms with van der Waals surface area (Å²) in [6, 6.07) is 22.8. The van der Waals surface area contributed by atoms with Crippen LogP contribution < -0.4 is 9.64 Å². The minimum absolute atomic E-state index is 0.0222. The van der Waals surface area contributed by atoms with Crippen molar-refractivity contribution in [3.63, 3.8) is 0 Å². The number of hydrogen-bond donors (Lipinski definition) is 1. The Labute approximate surface area is 264 Å². The van der Waals surface area contributed by atoms with Crippen LogP contribution in [0.15, 0.2) is 94.8 Å². The number of carbonyl (C=O) groups excluding carboxylic acids is 3. The van der Waals surface area contributed by atoms with Gasteiger partial charge in [-0.25, -0.2) is 9.18 Å².